The van der Waals surface area contributed by atoms with Gasteiger partial charge in [0, 0.05) is 29.1 Å². The average molecular weight is 383 g/mol. The molecule has 29 heavy (non-hydrogen) atoms. The molecule has 0 aromatic heterocycles. The number of Topliss-reactive ketones (excluding diaryl/α,β-unsaturated/α-hetero) is 2. The molecule has 2 aliphatic carbocycles. The van der Waals surface area contributed by atoms with Crippen LogP contribution in [0.2, 0.25) is 0 Å². The van der Waals surface area contributed by atoms with Gasteiger partial charge in [-0.1, -0.05) is 54.6 Å². The molecular weight excluding hydrogens is 362 g/mol. The van der Waals surface area contributed by atoms with Gasteiger partial charge in [0.1, 0.15) is 5.92 Å². The molecule has 144 valence electrons. The van der Waals surface area contributed by atoms with Crippen LogP contribution >= 0.6 is 0 Å². The molecule has 1 unspecified atom stereocenters. The van der Waals surface area contributed by atoms with Crippen LogP contribution < -0.4 is 4.90 Å². The van der Waals surface area contributed by atoms with E-state index in [0.717, 1.165) is 22.5 Å². The number of para-hydroxylation sites is 1. The number of ketones is 2. The quantitative estimate of drug-likeness (QED) is 0.794. The Morgan fingerprint density at radius 1 is 0.897 bits per heavy atom. The summed E-state index contributed by atoms with van der Waals surface area (Å²) in [5, 5.41) is 10.4. The molecule has 0 spiro atoms. The van der Waals surface area contributed by atoms with Gasteiger partial charge >= 0.3 is 0 Å². The van der Waals surface area contributed by atoms with Crippen molar-refractivity contribution in [2.75, 3.05) is 11.4 Å². The summed E-state index contributed by atoms with van der Waals surface area (Å²) in [4.78, 5) is 27.5. The predicted molar refractivity (Wildman–Crippen MR) is 112 cm³/mol. The van der Waals surface area contributed by atoms with Crippen LogP contribution in [0, 0.1) is 5.92 Å². The fraction of sp³-hybridized carbons (Fsp3) is 0.200. The first-order valence-corrected chi connectivity index (χ1v) is 9.91. The van der Waals surface area contributed by atoms with Gasteiger partial charge in [-0.25, -0.2) is 0 Å². The molecule has 1 atom stereocenters. The molecule has 0 fully saturated rings. The number of fused-ring (bicyclic) bond motifs is 1. The number of allylic oxidation sites excluding steroid dienone is 4. The van der Waals surface area contributed by atoms with E-state index in [1.807, 2.05) is 42.5 Å². The molecule has 1 N–H and O–H groups in total. The fourth-order valence-corrected chi connectivity index (χ4v) is 4.51. The van der Waals surface area contributed by atoms with E-state index in [9.17, 15) is 14.7 Å². The molecule has 0 radical (unpaired) electrons. The number of aliphatic hydroxyl groups excluding tert-OH is 1. The van der Waals surface area contributed by atoms with Crippen LogP contribution in [0.25, 0.3) is 0 Å². The number of anilines is 1. The van der Waals surface area contributed by atoms with Gasteiger partial charge in [-0.05, 0) is 42.2 Å². The van der Waals surface area contributed by atoms with Gasteiger partial charge in [-0.15, -0.1) is 0 Å². The minimum absolute atomic E-state index is 0.124. The van der Waals surface area contributed by atoms with Crippen LogP contribution in [0.4, 0.5) is 5.69 Å². The number of nitrogens with zero attached hydrogens (tertiary/aromatic N) is 1. The Hall–Kier alpha value is -3.24. The Bertz CT molecular complexity index is 1060. The Morgan fingerprint density at radius 2 is 1.55 bits per heavy atom. The number of hydrogen-bond acceptors (Lipinski definition) is 4. The predicted octanol–water partition coefficient (Wildman–Crippen LogP) is 4.09. The molecule has 1 heterocycles. The number of β-amino-alcohol motifs (C(OH)–C–C–N with tert-alkyl or cyclic N) is 1. The highest BCUT2D eigenvalue weighted by molar-refractivity contribution is 6.27. The first kappa shape index (κ1) is 17.8. The molecule has 4 heteroatoms. The first-order valence-electron chi connectivity index (χ1n) is 9.91. The topological polar surface area (TPSA) is 57.6 Å². The average Bonchev–Trinajstić information content (AvgIpc) is 2.99. The highest BCUT2D eigenvalue weighted by Crippen LogP contribution is 2.37. The molecule has 4 nitrogen and oxygen atoms in total. The van der Waals surface area contributed by atoms with Gasteiger partial charge in [0.15, 0.2) is 11.6 Å². The minimum Gasteiger partial charge on any atom is -0.391 e. The molecule has 0 saturated carbocycles. The smallest absolute Gasteiger partial charge is 0.178 e. The van der Waals surface area contributed by atoms with Gasteiger partial charge in [-0.2, -0.15) is 0 Å². The summed E-state index contributed by atoms with van der Waals surface area (Å²) < 4.78 is 0. The molecule has 0 bridgehead atoms. The van der Waals surface area contributed by atoms with Gasteiger partial charge in [0.05, 0.1) is 6.10 Å². The van der Waals surface area contributed by atoms with Crippen molar-refractivity contribution in [3.63, 3.8) is 0 Å². The Balaban J connectivity index is 1.44. The number of rotatable bonds is 2. The highest BCUT2D eigenvalue weighted by Gasteiger charge is 2.37. The normalized spacial score (nSPS) is 23.0. The minimum atomic E-state index is -0.743. The lowest BCUT2D eigenvalue weighted by Gasteiger charge is -2.37. The van der Waals surface area contributed by atoms with Gasteiger partial charge in [0.25, 0.3) is 0 Å². The summed E-state index contributed by atoms with van der Waals surface area (Å²) >= 11 is 0. The van der Waals surface area contributed by atoms with Crippen LogP contribution in [0.3, 0.4) is 0 Å². The molecule has 1 aliphatic heterocycles. The van der Waals surface area contributed by atoms with E-state index in [4.69, 9.17) is 0 Å². The van der Waals surface area contributed by atoms with E-state index in [0.29, 0.717) is 30.5 Å². The molecule has 0 saturated heterocycles. The maximum absolute atomic E-state index is 12.7. The summed E-state index contributed by atoms with van der Waals surface area (Å²) in [7, 11) is 0. The van der Waals surface area contributed by atoms with Crippen LogP contribution in [0.5, 0.6) is 0 Å². The van der Waals surface area contributed by atoms with Gasteiger partial charge < -0.3 is 10.0 Å². The number of carbonyl (C=O) groups excluding carboxylic acids is 2. The largest absolute Gasteiger partial charge is 0.391 e. The van der Waals surface area contributed by atoms with E-state index in [2.05, 4.69) is 4.90 Å². The zero-order valence-electron chi connectivity index (χ0n) is 15.9. The number of hydrogen-bond donors (Lipinski definition) is 1. The third-order valence-corrected chi connectivity index (χ3v) is 5.87. The number of aliphatic hydroxyl groups is 1. The zero-order valence-corrected chi connectivity index (χ0v) is 15.9. The van der Waals surface area contributed by atoms with Crippen molar-refractivity contribution in [2.45, 2.75) is 18.9 Å². The summed E-state index contributed by atoms with van der Waals surface area (Å²) in [6, 6.07) is 17.1. The van der Waals surface area contributed by atoms with Crippen LogP contribution in [0.1, 0.15) is 33.6 Å². The lowest BCUT2D eigenvalue weighted by molar-refractivity contribution is 0.0870. The second-order valence-electron chi connectivity index (χ2n) is 7.80. The van der Waals surface area contributed by atoms with E-state index < -0.39 is 12.0 Å². The summed E-state index contributed by atoms with van der Waals surface area (Å²) in [5.41, 5.74) is 5.27. The second-order valence-corrected chi connectivity index (χ2v) is 7.80. The Morgan fingerprint density at radius 3 is 2.24 bits per heavy atom. The number of benzene rings is 2. The molecular formula is C25H21NO3. The van der Waals surface area contributed by atoms with Crippen molar-refractivity contribution in [2.24, 2.45) is 5.92 Å². The summed E-state index contributed by atoms with van der Waals surface area (Å²) in [6.07, 6.45) is 6.64. The van der Waals surface area contributed by atoms with E-state index in [1.54, 1.807) is 30.3 Å². The first-order chi connectivity index (χ1) is 14.1. The fourth-order valence-electron chi connectivity index (χ4n) is 4.51. The van der Waals surface area contributed by atoms with Crippen LogP contribution in [0.15, 0.2) is 89.7 Å². The number of carbonyl (C=O) groups is 2. The zero-order chi connectivity index (χ0) is 20.0. The Kier molecular flexibility index (Phi) is 4.29. The van der Waals surface area contributed by atoms with Crippen molar-refractivity contribution in [3.05, 3.63) is 101 Å². The maximum Gasteiger partial charge on any atom is 0.178 e. The summed E-state index contributed by atoms with van der Waals surface area (Å²) in [6.45, 7) is 0.557. The van der Waals surface area contributed by atoms with Crippen LogP contribution in [-0.4, -0.2) is 29.3 Å². The van der Waals surface area contributed by atoms with Crippen LogP contribution in [-0.2, 0) is 0 Å². The second kappa shape index (κ2) is 6.98. The lowest BCUT2D eigenvalue weighted by Crippen LogP contribution is -2.37. The third-order valence-electron chi connectivity index (χ3n) is 5.87. The molecule has 2 aromatic carbocycles. The van der Waals surface area contributed by atoms with Crippen molar-refractivity contribution in [1.29, 1.82) is 0 Å². The summed E-state index contributed by atoms with van der Waals surface area (Å²) in [5.74, 6) is -0.991. The lowest BCUT2D eigenvalue weighted by atomic mass is 9.87. The third kappa shape index (κ3) is 3.06. The maximum atomic E-state index is 12.7. The van der Waals surface area contributed by atoms with Crippen molar-refractivity contribution in [1.82, 2.24) is 0 Å². The molecule has 5 rings (SSSR count). The van der Waals surface area contributed by atoms with E-state index in [-0.39, 0.29) is 11.6 Å². The standard InChI is InChI=1S/C25H21NO3/c27-19-14-17-12-16(10-11-23(17)26(15-19)18-6-2-1-3-7-18)13-22-24(28)20-8-4-5-9-21(20)25(22)29/h1-11,13,19,22,27H,12,14-15H2. The SMILES string of the molecule is O=C1c2ccccc2C(=O)C1C=C1C=CC2=C(C1)CC(O)CN2c1ccccc1. The molecule has 0 amide bonds. The highest BCUT2D eigenvalue weighted by atomic mass is 16.3. The van der Waals surface area contributed by atoms with Crippen molar-refractivity contribution >= 4 is 17.3 Å². The van der Waals surface area contributed by atoms with Gasteiger partial charge in [-0.3, -0.25) is 9.59 Å². The van der Waals surface area contributed by atoms with Gasteiger partial charge in [0.2, 0.25) is 0 Å². The van der Waals surface area contributed by atoms with Crippen molar-refractivity contribution in [3.8, 4) is 0 Å². The molecule has 3 aliphatic rings. The van der Waals surface area contributed by atoms with E-state index in [1.165, 1.54) is 0 Å². The van der Waals surface area contributed by atoms with Crippen molar-refractivity contribution < 1.29 is 14.7 Å². The van der Waals surface area contributed by atoms with E-state index >= 15 is 0 Å². The monoisotopic (exact) mass is 383 g/mol. The molecule has 2 aromatic rings. The Labute approximate surface area is 169 Å².